The van der Waals surface area contributed by atoms with E-state index >= 15 is 0 Å². The standard InChI is InChI=1S/C10H16N2O6/c13-5(4-12-18-6-2-1-3-11-6)9-7(14)8(15)10(16)17-9/h5-6,9,11-15H,1-4H2/t5-,6?,9+/m0/s1. The van der Waals surface area contributed by atoms with Crippen LogP contribution in [0.15, 0.2) is 11.5 Å². The number of cyclic esters (lactones) is 1. The molecule has 5 N–H and O–H groups in total. The monoisotopic (exact) mass is 260 g/mol. The van der Waals surface area contributed by atoms with Crippen molar-refractivity contribution in [2.24, 2.45) is 0 Å². The maximum absolute atomic E-state index is 10.9. The Kier molecular flexibility index (Phi) is 4.02. The number of hydrogen-bond donors (Lipinski definition) is 5. The molecule has 0 aromatic rings. The second kappa shape index (κ2) is 5.53. The van der Waals surface area contributed by atoms with E-state index in [9.17, 15) is 15.0 Å². The van der Waals surface area contributed by atoms with Crippen molar-refractivity contribution in [2.45, 2.75) is 31.3 Å². The maximum atomic E-state index is 10.9. The highest BCUT2D eigenvalue weighted by Crippen LogP contribution is 2.21. The van der Waals surface area contributed by atoms with E-state index in [1.54, 1.807) is 0 Å². The maximum Gasteiger partial charge on any atom is 0.377 e. The third kappa shape index (κ3) is 2.72. The SMILES string of the molecule is O=C1O[C@H]([C@@H](O)CNOC2CCCN2)C(O)=C1O. The second-order valence-electron chi connectivity index (χ2n) is 4.18. The zero-order valence-electron chi connectivity index (χ0n) is 9.63. The average Bonchev–Trinajstić information content (AvgIpc) is 2.94. The molecule has 0 aromatic carbocycles. The molecule has 0 aliphatic carbocycles. The summed E-state index contributed by atoms with van der Waals surface area (Å²) in [5.74, 6) is -2.57. The van der Waals surface area contributed by atoms with Crippen molar-refractivity contribution in [1.29, 1.82) is 0 Å². The summed E-state index contributed by atoms with van der Waals surface area (Å²) in [7, 11) is 0. The number of aliphatic hydroxyl groups excluding tert-OH is 3. The number of ether oxygens (including phenoxy) is 1. The van der Waals surface area contributed by atoms with E-state index in [4.69, 9.17) is 9.94 Å². The number of nitrogens with one attached hydrogen (secondary N) is 2. The molecule has 1 unspecified atom stereocenters. The van der Waals surface area contributed by atoms with Crippen LogP contribution in [0.4, 0.5) is 0 Å². The smallest absolute Gasteiger partial charge is 0.377 e. The summed E-state index contributed by atoms with van der Waals surface area (Å²) in [5, 5.41) is 31.2. The normalized spacial score (nSPS) is 29.7. The van der Waals surface area contributed by atoms with Gasteiger partial charge in [0.2, 0.25) is 5.76 Å². The molecule has 2 aliphatic rings. The third-order valence-corrected chi connectivity index (χ3v) is 2.82. The van der Waals surface area contributed by atoms with E-state index in [0.717, 1.165) is 19.4 Å². The fourth-order valence-corrected chi connectivity index (χ4v) is 1.82. The molecule has 8 nitrogen and oxygen atoms in total. The van der Waals surface area contributed by atoms with Crippen molar-refractivity contribution in [3.63, 3.8) is 0 Å². The molecule has 2 rings (SSSR count). The number of carbonyl (C=O) groups is 1. The van der Waals surface area contributed by atoms with Crippen LogP contribution in [0.5, 0.6) is 0 Å². The molecule has 0 saturated carbocycles. The van der Waals surface area contributed by atoms with Gasteiger partial charge in [-0.25, -0.2) is 4.79 Å². The lowest BCUT2D eigenvalue weighted by Gasteiger charge is -2.19. The van der Waals surface area contributed by atoms with Gasteiger partial charge < -0.3 is 20.1 Å². The summed E-state index contributed by atoms with van der Waals surface area (Å²) in [6.07, 6.45) is -0.689. The molecule has 2 aliphatic heterocycles. The van der Waals surface area contributed by atoms with E-state index < -0.39 is 29.7 Å². The summed E-state index contributed by atoms with van der Waals surface area (Å²) >= 11 is 0. The van der Waals surface area contributed by atoms with E-state index in [1.165, 1.54) is 0 Å². The highest BCUT2D eigenvalue weighted by molar-refractivity contribution is 5.89. The zero-order valence-corrected chi connectivity index (χ0v) is 9.63. The van der Waals surface area contributed by atoms with Crippen molar-refractivity contribution < 1.29 is 29.7 Å². The first-order valence-electron chi connectivity index (χ1n) is 5.72. The summed E-state index contributed by atoms with van der Waals surface area (Å²) < 4.78 is 4.60. The van der Waals surface area contributed by atoms with Gasteiger partial charge in [-0.15, -0.1) is 0 Å². The van der Waals surface area contributed by atoms with Gasteiger partial charge in [-0.3, -0.25) is 10.2 Å². The minimum Gasteiger partial charge on any atom is -0.505 e. The lowest BCUT2D eigenvalue weighted by atomic mass is 10.2. The highest BCUT2D eigenvalue weighted by Gasteiger charge is 2.39. The van der Waals surface area contributed by atoms with E-state index in [2.05, 4.69) is 15.5 Å². The summed E-state index contributed by atoms with van der Waals surface area (Å²) in [6.45, 7) is 0.833. The van der Waals surface area contributed by atoms with Crippen molar-refractivity contribution in [2.75, 3.05) is 13.1 Å². The van der Waals surface area contributed by atoms with Gasteiger partial charge in [0.1, 0.15) is 12.3 Å². The first kappa shape index (κ1) is 13.1. The Morgan fingerprint density at radius 1 is 1.56 bits per heavy atom. The van der Waals surface area contributed by atoms with Crippen LogP contribution >= 0.6 is 0 Å². The lowest BCUT2D eigenvalue weighted by Crippen LogP contribution is -2.40. The molecule has 102 valence electrons. The zero-order chi connectivity index (χ0) is 13.1. The number of hydroxylamine groups is 1. The summed E-state index contributed by atoms with van der Waals surface area (Å²) in [4.78, 5) is 16.1. The van der Waals surface area contributed by atoms with Crippen LogP contribution in [0, 0.1) is 0 Å². The predicted molar refractivity (Wildman–Crippen MR) is 58.3 cm³/mol. The lowest BCUT2D eigenvalue weighted by molar-refractivity contribution is -0.148. The molecule has 0 amide bonds. The molecule has 2 heterocycles. The van der Waals surface area contributed by atoms with Crippen LogP contribution in [0.3, 0.4) is 0 Å². The Bertz CT molecular complexity index is 352. The van der Waals surface area contributed by atoms with Gasteiger partial charge >= 0.3 is 5.97 Å². The molecule has 0 bridgehead atoms. The number of rotatable bonds is 5. The Balaban J connectivity index is 1.75. The van der Waals surface area contributed by atoms with Crippen molar-refractivity contribution in [3.05, 3.63) is 11.5 Å². The molecular formula is C10H16N2O6. The Morgan fingerprint density at radius 3 is 2.89 bits per heavy atom. The summed E-state index contributed by atoms with van der Waals surface area (Å²) in [5.41, 5.74) is 2.54. The minimum atomic E-state index is -1.26. The molecule has 0 radical (unpaired) electrons. The molecule has 18 heavy (non-hydrogen) atoms. The Morgan fingerprint density at radius 2 is 2.33 bits per heavy atom. The van der Waals surface area contributed by atoms with Gasteiger partial charge in [0.25, 0.3) is 0 Å². The molecule has 1 saturated heterocycles. The minimum absolute atomic E-state index is 0.0481. The van der Waals surface area contributed by atoms with Gasteiger partial charge in [0.15, 0.2) is 11.9 Å². The number of aliphatic hydroxyl groups is 3. The highest BCUT2D eigenvalue weighted by atomic mass is 16.7. The number of esters is 1. The molecule has 3 atom stereocenters. The van der Waals surface area contributed by atoms with Gasteiger partial charge in [0, 0.05) is 0 Å². The fourth-order valence-electron chi connectivity index (χ4n) is 1.82. The molecule has 0 aromatic heterocycles. The second-order valence-corrected chi connectivity index (χ2v) is 4.18. The summed E-state index contributed by atoms with van der Waals surface area (Å²) in [6, 6.07) is 0. The van der Waals surface area contributed by atoms with Crippen LogP contribution in [-0.4, -0.2) is 52.8 Å². The number of carbonyl (C=O) groups excluding carboxylic acids is 1. The quantitative estimate of drug-likeness (QED) is 0.310. The molecule has 0 spiro atoms. The topological polar surface area (TPSA) is 120 Å². The molecular weight excluding hydrogens is 244 g/mol. The van der Waals surface area contributed by atoms with Gasteiger partial charge in [-0.05, 0) is 19.4 Å². The Hall–Kier alpha value is -1.35. The van der Waals surface area contributed by atoms with Crippen molar-refractivity contribution in [1.82, 2.24) is 10.8 Å². The predicted octanol–water partition coefficient (Wildman–Crippen LogP) is -1.17. The first-order valence-corrected chi connectivity index (χ1v) is 5.72. The van der Waals surface area contributed by atoms with Crippen LogP contribution in [-0.2, 0) is 14.4 Å². The van der Waals surface area contributed by atoms with Crippen LogP contribution in [0.2, 0.25) is 0 Å². The number of hydrogen-bond acceptors (Lipinski definition) is 8. The average molecular weight is 260 g/mol. The first-order chi connectivity index (χ1) is 8.59. The molecule has 1 fully saturated rings. The van der Waals surface area contributed by atoms with Crippen LogP contribution < -0.4 is 10.8 Å². The van der Waals surface area contributed by atoms with Crippen LogP contribution in [0.25, 0.3) is 0 Å². The van der Waals surface area contributed by atoms with Crippen molar-refractivity contribution in [3.8, 4) is 0 Å². The van der Waals surface area contributed by atoms with E-state index in [-0.39, 0.29) is 12.8 Å². The molecule has 8 heteroatoms. The van der Waals surface area contributed by atoms with Crippen LogP contribution in [0.1, 0.15) is 12.8 Å². The third-order valence-electron chi connectivity index (χ3n) is 2.82. The largest absolute Gasteiger partial charge is 0.505 e. The van der Waals surface area contributed by atoms with Gasteiger partial charge in [0.05, 0.1) is 6.54 Å². The van der Waals surface area contributed by atoms with Gasteiger partial charge in [-0.1, -0.05) is 0 Å². The van der Waals surface area contributed by atoms with E-state index in [1.807, 2.05) is 0 Å². The Labute approximate surface area is 103 Å². The fraction of sp³-hybridized carbons (Fsp3) is 0.700. The van der Waals surface area contributed by atoms with Crippen molar-refractivity contribution >= 4 is 5.97 Å². The van der Waals surface area contributed by atoms with E-state index in [0.29, 0.717) is 0 Å². The van der Waals surface area contributed by atoms with Gasteiger partial charge in [-0.2, -0.15) is 5.48 Å².